The lowest BCUT2D eigenvalue weighted by atomic mass is 10.1. The second kappa shape index (κ2) is 9.56. The van der Waals surface area contributed by atoms with Crippen molar-refractivity contribution in [3.8, 4) is 11.5 Å². The van der Waals surface area contributed by atoms with Gasteiger partial charge in [-0.25, -0.2) is 8.78 Å². The van der Waals surface area contributed by atoms with E-state index in [2.05, 4.69) is 5.32 Å². The van der Waals surface area contributed by atoms with Crippen LogP contribution in [0.15, 0.2) is 36.4 Å². The van der Waals surface area contributed by atoms with Gasteiger partial charge >= 0.3 is 0 Å². The van der Waals surface area contributed by atoms with Gasteiger partial charge in [-0.05, 0) is 42.3 Å². The maximum Gasteiger partial charge on any atom is 0.225 e. The molecule has 6 nitrogen and oxygen atoms in total. The highest BCUT2D eigenvalue weighted by Crippen LogP contribution is 2.28. The van der Waals surface area contributed by atoms with Crippen LogP contribution in [0.3, 0.4) is 0 Å². The zero-order valence-corrected chi connectivity index (χ0v) is 16.9. The van der Waals surface area contributed by atoms with Crippen molar-refractivity contribution < 1.29 is 27.8 Å². The fraction of sp³-hybridized carbons (Fsp3) is 0.364. The van der Waals surface area contributed by atoms with Crippen LogP contribution in [0, 0.1) is 17.6 Å². The van der Waals surface area contributed by atoms with Gasteiger partial charge in [-0.1, -0.05) is 6.07 Å². The van der Waals surface area contributed by atoms with Crippen LogP contribution in [-0.4, -0.2) is 44.0 Å². The molecule has 0 spiro atoms. The summed E-state index contributed by atoms with van der Waals surface area (Å²) in [5.41, 5.74) is 1.05. The van der Waals surface area contributed by atoms with Crippen LogP contribution in [0.1, 0.15) is 17.5 Å². The van der Waals surface area contributed by atoms with E-state index in [9.17, 15) is 18.4 Å². The number of hydrogen-bond acceptors (Lipinski definition) is 4. The lowest BCUT2D eigenvalue weighted by Gasteiger charge is -2.17. The predicted octanol–water partition coefficient (Wildman–Crippen LogP) is 2.69. The van der Waals surface area contributed by atoms with Crippen LogP contribution < -0.4 is 14.8 Å². The number of carbonyl (C=O) groups is 2. The lowest BCUT2D eigenvalue weighted by molar-refractivity contribution is -0.129. The van der Waals surface area contributed by atoms with E-state index in [0.29, 0.717) is 31.0 Å². The van der Waals surface area contributed by atoms with Gasteiger partial charge in [-0.15, -0.1) is 0 Å². The Balaban J connectivity index is 1.53. The van der Waals surface area contributed by atoms with Gasteiger partial charge < -0.3 is 19.7 Å². The van der Waals surface area contributed by atoms with Gasteiger partial charge in [0.25, 0.3) is 0 Å². The molecule has 30 heavy (non-hydrogen) atoms. The standard InChI is InChI=1S/C22H24F2N2O4/c1-29-19-6-3-14(9-20(19)30-2)7-8-26-13-16(11-21(26)27)22(28)25-12-15-10-17(23)4-5-18(15)24/h3-6,9-10,16H,7-8,11-13H2,1-2H3,(H,25,28)/t16-/m1/s1. The monoisotopic (exact) mass is 418 g/mol. The molecule has 160 valence electrons. The van der Waals surface area contributed by atoms with Crippen molar-refractivity contribution in [1.82, 2.24) is 10.2 Å². The van der Waals surface area contributed by atoms with Crippen molar-refractivity contribution in [2.24, 2.45) is 5.92 Å². The summed E-state index contributed by atoms with van der Waals surface area (Å²) in [6.07, 6.45) is 0.707. The first-order valence-corrected chi connectivity index (χ1v) is 9.61. The number of nitrogens with one attached hydrogen (secondary N) is 1. The van der Waals surface area contributed by atoms with Crippen LogP contribution in [0.25, 0.3) is 0 Å². The van der Waals surface area contributed by atoms with E-state index in [1.807, 2.05) is 18.2 Å². The topological polar surface area (TPSA) is 67.9 Å². The van der Waals surface area contributed by atoms with Gasteiger partial charge in [0, 0.05) is 31.6 Å². The molecule has 1 aliphatic rings. The maximum absolute atomic E-state index is 13.7. The minimum atomic E-state index is -0.587. The van der Waals surface area contributed by atoms with Crippen LogP contribution in [0.4, 0.5) is 8.78 Å². The summed E-state index contributed by atoms with van der Waals surface area (Å²) in [6.45, 7) is 0.638. The third-order valence-corrected chi connectivity index (χ3v) is 5.16. The Hall–Kier alpha value is -3.16. The van der Waals surface area contributed by atoms with Crippen molar-refractivity contribution in [3.05, 3.63) is 59.2 Å². The Kier molecular flexibility index (Phi) is 6.87. The highest BCUT2D eigenvalue weighted by atomic mass is 19.1. The SMILES string of the molecule is COc1ccc(CCN2C[C@H](C(=O)NCc3cc(F)ccc3F)CC2=O)cc1OC. The zero-order valence-electron chi connectivity index (χ0n) is 16.9. The summed E-state index contributed by atoms with van der Waals surface area (Å²) >= 11 is 0. The Morgan fingerprint density at radius 3 is 2.63 bits per heavy atom. The van der Waals surface area contributed by atoms with Gasteiger partial charge in [0.05, 0.1) is 20.1 Å². The summed E-state index contributed by atoms with van der Waals surface area (Å²) in [4.78, 5) is 26.3. The number of benzene rings is 2. The Morgan fingerprint density at radius 1 is 1.13 bits per heavy atom. The lowest BCUT2D eigenvalue weighted by Crippen LogP contribution is -2.33. The summed E-state index contributed by atoms with van der Waals surface area (Å²) in [5.74, 6) is -0.879. The summed E-state index contributed by atoms with van der Waals surface area (Å²) in [5, 5.41) is 2.60. The third-order valence-electron chi connectivity index (χ3n) is 5.16. The maximum atomic E-state index is 13.7. The molecule has 0 bridgehead atoms. The van der Waals surface area contributed by atoms with Gasteiger partial charge in [-0.3, -0.25) is 9.59 Å². The molecule has 2 amide bonds. The van der Waals surface area contributed by atoms with Crippen molar-refractivity contribution in [3.63, 3.8) is 0 Å². The summed E-state index contributed by atoms with van der Waals surface area (Å²) in [6, 6.07) is 8.65. The van der Waals surface area contributed by atoms with Crippen molar-refractivity contribution in [2.45, 2.75) is 19.4 Å². The quantitative estimate of drug-likeness (QED) is 0.716. The molecule has 1 fully saturated rings. The average Bonchev–Trinajstić information content (AvgIpc) is 3.13. The van der Waals surface area contributed by atoms with Gasteiger partial charge in [0.2, 0.25) is 11.8 Å². The number of hydrogen-bond donors (Lipinski definition) is 1. The van der Waals surface area contributed by atoms with E-state index in [1.165, 1.54) is 0 Å². The number of nitrogens with zero attached hydrogens (tertiary/aromatic N) is 1. The molecule has 0 unspecified atom stereocenters. The number of ether oxygens (including phenoxy) is 2. The molecule has 0 saturated carbocycles. The number of likely N-dealkylation sites (tertiary alicyclic amines) is 1. The average molecular weight is 418 g/mol. The molecule has 2 aromatic carbocycles. The van der Waals surface area contributed by atoms with E-state index >= 15 is 0 Å². The van der Waals surface area contributed by atoms with Crippen molar-refractivity contribution >= 4 is 11.8 Å². The fourth-order valence-electron chi connectivity index (χ4n) is 3.47. The molecular formula is C22H24F2N2O4. The molecule has 2 aromatic rings. The van der Waals surface area contributed by atoms with Gasteiger partial charge in [0.15, 0.2) is 11.5 Å². The molecule has 1 saturated heterocycles. The molecule has 1 atom stereocenters. The molecule has 1 aliphatic heterocycles. The molecule has 3 rings (SSSR count). The molecule has 1 N–H and O–H groups in total. The smallest absolute Gasteiger partial charge is 0.225 e. The zero-order chi connectivity index (χ0) is 21.7. The number of carbonyl (C=O) groups excluding carboxylic acids is 2. The molecule has 1 heterocycles. The predicted molar refractivity (Wildman–Crippen MR) is 106 cm³/mol. The summed E-state index contributed by atoms with van der Waals surface area (Å²) in [7, 11) is 3.12. The minimum Gasteiger partial charge on any atom is -0.493 e. The first-order chi connectivity index (χ1) is 14.4. The number of methoxy groups -OCH3 is 2. The van der Waals surface area contributed by atoms with Crippen LogP contribution in [-0.2, 0) is 22.6 Å². The van der Waals surface area contributed by atoms with E-state index in [0.717, 1.165) is 23.8 Å². The number of halogens is 2. The van der Waals surface area contributed by atoms with Crippen LogP contribution >= 0.6 is 0 Å². The van der Waals surface area contributed by atoms with E-state index in [-0.39, 0.29) is 30.3 Å². The number of amides is 2. The number of rotatable bonds is 8. The van der Waals surface area contributed by atoms with E-state index < -0.39 is 17.6 Å². The minimum absolute atomic E-state index is 0.0676. The van der Waals surface area contributed by atoms with Crippen molar-refractivity contribution in [1.29, 1.82) is 0 Å². The molecule has 8 heteroatoms. The summed E-state index contributed by atoms with van der Waals surface area (Å²) < 4.78 is 37.4. The molecule has 0 aliphatic carbocycles. The Labute approximate surface area is 173 Å². The Bertz CT molecular complexity index is 935. The second-order valence-electron chi connectivity index (χ2n) is 7.13. The first-order valence-electron chi connectivity index (χ1n) is 9.61. The third kappa shape index (κ3) is 5.06. The highest BCUT2D eigenvalue weighted by Gasteiger charge is 2.33. The van der Waals surface area contributed by atoms with Crippen LogP contribution in [0.2, 0.25) is 0 Å². The molecule has 0 radical (unpaired) electrons. The largest absolute Gasteiger partial charge is 0.493 e. The normalized spacial score (nSPS) is 15.9. The molecular weight excluding hydrogens is 394 g/mol. The fourth-order valence-corrected chi connectivity index (χ4v) is 3.47. The second-order valence-corrected chi connectivity index (χ2v) is 7.13. The van der Waals surface area contributed by atoms with Gasteiger partial charge in [-0.2, -0.15) is 0 Å². The van der Waals surface area contributed by atoms with Crippen LogP contribution in [0.5, 0.6) is 11.5 Å². The molecule has 0 aromatic heterocycles. The highest BCUT2D eigenvalue weighted by molar-refractivity contribution is 5.89. The van der Waals surface area contributed by atoms with E-state index in [4.69, 9.17) is 9.47 Å². The van der Waals surface area contributed by atoms with E-state index in [1.54, 1.807) is 19.1 Å². The Morgan fingerprint density at radius 2 is 1.90 bits per heavy atom. The van der Waals surface area contributed by atoms with Crippen molar-refractivity contribution in [2.75, 3.05) is 27.3 Å². The first kappa shape index (κ1) is 21.5. The van der Waals surface area contributed by atoms with Gasteiger partial charge in [0.1, 0.15) is 11.6 Å².